The van der Waals surface area contributed by atoms with E-state index >= 15 is 0 Å². The van der Waals surface area contributed by atoms with Crippen LogP contribution in [0.4, 0.5) is 16.3 Å². The van der Waals surface area contributed by atoms with E-state index in [-0.39, 0.29) is 17.6 Å². The van der Waals surface area contributed by atoms with Gasteiger partial charge in [0.2, 0.25) is 0 Å². The number of rotatable bonds is 4. The number of anilines is 2. The maximum atomic E-state index is 12.4. The van der Waals surface area contributed by atoms with Gasteiger partial charge in [0.05, 0.1) is 23.5 Å². The summed E-state index contributed by atoms with van der Waals surface area (Å²) < 4.78 is 1.92. The lowest BCUT2D eigenvalue weighted by Gasteiger charge is -2.19. The van der Waals surface area contributed by atoms with Crippen molar-refractivity contribution in [1.82, 2.24) is 25.1 Å². The van der Waals surface area contributed by atoms with E-state index in [1.165, 1.54) is 6.33 Å². The Morgan fingerprint density at radius 3 is 2.56 bits per heavy atom. The zero-order valence-electron chi connectivity index (χ0n) is 16.0. The molecule has 0 saturated heterocycles. The molecule has 0 fully saturated rings. The van der Waals surface area contributed by atoms with E-state index in [0.29, 0.717) is 11.5 Å². The van der Waals surface area contributed by atoms with Crippen LogP contribution in [0, 0.1) is 6.92 Å². The topological polar surface area (TPSA) is 88.0 Å². The lowest BCUT2D eigenvalue weighted by molar-refractivity contribution is 0.249. The van der Waals surface area contributed by atoms with Crippen molar-refractivity contribution in [2.75, 3.05) is 24.3 Å². The number of hydrogen-bond donors (Lipinski definition) is 2. The van der Waals surface area contributed by atoms with Crippen LogP contribution in [0.25, 0.3) is 0 Å². The first-order valence-electron chi connectivity index (χ1n) is 8.21. The minimum atomic E-state index is -0.312. The first-order valence-corrected chi connectivity index (χ1v) is 8.21. The third-order valence-corrected chi connectivity index (χ3v) is 3.80. The average molecular weight is 345 g/mol. The Morgan fingerprint density at radius 1 is 1.32 bits per heavy atom. The van der Waals surface area contributed by atoms with Gasteiger partial charge in [-0.1, -0.05) is 0 Å². The van der Waals surface area contributed by atoms with Crippen molar-refractivity contribution in [3.05, 3.63) is 30.0 Å². The lowest BCUT2D eigenvalue weighted by Crippen LogP contribution is -2.32. The summed E-state index contributed by atoms with van der Waals surface area (Å²) in [6.07, 6.45) is 5.01. The Bertz CT molecular complexity index is 746. The molecule has 0 aliphatic rings. The number of aryl methyl sites for hydroxylation is 1. The van der Waals surface area contributed by atoms with Gasteiger partial charge < -0.3 is 15.5 Å². The molecule has 0 unspecified atom stereocenters. The van der Waals surface area contributed by atoms with Crippen molar-refractivity contribution < 1.29 is 4.79 Å². The van der Waals surface area contributed by atoms with Crippen LogP contribution in [-0.2, 0) is 5.54 Å². The van der Waals surface area contributed by atoms with Gasteiger partial charge in [0, 0.05) is 25.9 Å². The van der Waals surface area contributed by atoms with Crippen LogP contribution < -0.4 is 15.5 Å². The lowest BCUT2D eigenvalue weighted by atomic mass is 10.1. The van der Waals surface area contributed by atoms with Crippen LogP contribution in [0.5, 0.6) is 0 Å². The van der Waals surface area contributed by atoms with Crippen LogP contribution in [0.2, 0.25) is 0 Å². The number of carbonyl (C=O) groups is 1. The van der Waals surface area contributed by atoms with E-state index in [2.05, 4.69) is 46.5 Å². The van der Waals surface area contributed by atoms with E-state index in [0.717, 1.165) is 11.3 Å². The van der Waals surface area contributed by atoms with Crippen molar-refractivity contribution in [3.63, 3.8) is 0 Å². The van der Waals surface area contributed by atoms with E-state index in [9.17, 15) is 4.79 Å². The van der Waals surface area contributed by atoms with Crippen molar-refractivity contribution in [2.24, 2.45) is 0 Å². The van der Waals surface area contributed by atoms with Crippen LogP contribution >= 0.6 is 0 Å². The van der Waals surface area contributed by atoms with Gasteiger partial charge >= 0.3 is 6.03 Å². The highest BCUT2D eigenvalue weighted by atomic mass is 16.2. The molecule has 0 radical (unpaired) electrons. The average Bonchev–Trinajstić information content (AvgIpc) is 2.89. The molecular weight excluding hydrogens is 318 g/mol. The highest BCUT2D eigenvalue weighted by Crippen LogP contribution is 2.22. The summed E-state index contributed by atoms with van der Waals surface area (Å²) in [5, 5.41) is 10.3. The summed E-state index contributed by atoms with van der Waals surface area (Å²) in [5.74, 6) is 0.648. The predicted octanol–water partition coefficient (Wildman–Crippen LogP) is 2.69. The molecule has 1 atom stereocenters. The molecule has 2 heterocycles. The molecule has 8 heteroatoms. The Kier molecular flexibility index (Phi) is 5.30. The zero-order chi connectivity index (χ0) is 18.8. The SMILES string of the molecule is Cc1nn(C(C)(C)C)cc1[C@H](C)NC(=O)Nc1cncnc1N(C)C. The Hall–Kier alpha value is -2.64. The summed E-state index contributed by atoms with van der Waals surface area (Å²) in [4.78, 5) is 22.3. The quantitative estimate of drug-likeness (QED) is 0.889. The molecule has 136 valence electrons. The van der Waals surface area contributed by atoms with Gasteiger partial charge in [0.1, 0.15) is 12.0 Å². The highest BCUT2D eigenvalue weighted by molar-refractivity contribution is 5.92. The molecule has 25 heavy (non-hydrogen) atoms. The number of urea groups is 1. The summed E-state index contributed by atoms with van der Waals surface area (Å²) >= 11 is 0. The Balaban J connectivity index is 2.10. The van der Waals surface area contributed by atoms with E-state index in [4.69, 9.17) is 0 Å². The number of amides is 2. The van der Waals surface area contributed by atoms with E-state index < -0.39 is 0 Å². The second kappa shape index (κ2) is 7.08. The number of carbonyl (C=O) groups excluding carboxylic acids is 1. The molecule has 8 nitrogen and oxygen atoms in total. The monoisotopic (exact) mass is 345 g/mol. The predicted molar refractivity (Wildman–Crippen MR) is 98.9 cm³/mol. The fourth-order valence-corrected chi connectivity index (χ4v) is 2.44. The smallest absolute Gasteiger partial charge is 0.319 e. The van der Waals surface area contributed by atoms with Gasteiger partial charge in [-0.05, 0) is 34.6 Å². The summed E-state index contributed by atoms with van der Waals surface area (Å²) in [5.41, 5.74) is 2.34. The largest absolute Gasteiger partial charge is 0.361 e. The standard InChI is InChI=1S/C17H27N7O/c1-11(13-9-24(17(3,4)5)22-12(13)2)20-16(25)21-14-8-18-10-19-15(14)23(6)7/h8-11H,1-7H3,(H2,20,21,25)/t11-/m0/s1. The second-order valence-corrected chi connectivity index (χ2v) is 7.26. The molecule has 2 rings (SSSR count). The molecule has 2 amide bonds. The molecule has 0 aliphatic heterocycles. The molecule has 2 aromatic rings. The van der Waals surface area contributed by atoms with Gasteiger partial charge in [-0.15, -0.1) is 0 Å². The normalized spacial score (nSPS) is 12.6. The molecule has 0 aromatic carbocycles. The Morgan fingerprint density at radius 2 is 2.00 bits per heavy atom. The minimum Gasteiger partial charge on any atom is -0.361 e. The van der Waals surface area contributed by atoms with Gasteiger partial charge in [0.15, 0.2) is 5.82 Å². The summed E-state index contributed by atoms with van der Waals surface area (Å²) in [7, 11) is 3.72. The number of hydrogen-bond acceptors (Lipinski definition) is 5. The van der Waals surface area contributed by atoms with Crippen LogP contribution in [0.3, 0.4) is 0 Å². The fraction of sp³-hybridized carbons (Fsp3) is 0.529. The molecule has 2 aromatic heterocycles. The van der Waals surface area contributed by atoms with Crippen LogP contribution in [0.15, 0.2) is 18.7 Å². The number of aromatic nitrogens is 4. The molecule has 0 saturated carbocycles. The third-order valence-electron chi connectivity index (χ3n) is 3.80. The Labute approximate surface area is 148 Å². The first kappa shape index (κ1) is 18.7. The third kappa shape index (κ3) is 4.46. The molecule has 0 aliphatic carbocycles. The minimum absolute atomic E-state index is 0.104. The first-order chi connectivity index (χ1) is 11.6. The summed E-state index contributed by atoms with van der Waals surface area (Å²) in [6.45, 7) is 10.2. The molecule has 0 spiro atoms. The fourth-order valence-electron chi connectivity index (χ4n) is 2.44. The van der Waals surface area contributed by atoms with E-state index in [1.807, 2.05) is 43.7 Å². The maximum Gasteiger partial charge on any atom is 0.319 e. The number of nitrogens with one attached hydrogen (secondary N) is 2. The van der Waals surface area contributed by atoms with Crippen molar-refractivity contribution in [2.45, 2.75) is 46.2 Å². The number of nitrogens with zero attached hydrogens (tertiary/aromatic N) is 5. The van der Waals surface area contributed by atoms with E-state index in [1.54, 1.807) is 6.20 Å². The van der Waals surface area contributed by atoms with Gasteiger partial charge in [0.25, 0.3) is 0 Å². The van der Waals surface area contributed by atoms with Crippen molar-refractivity contribution in [1.29, 1.82) is 0 Å². The molecule has 2 N–H and O–H groups in total. The van der Waals surface area contributed by atoms with Gasteiger partial charge in [-0.3, -0.25) is 4.68 Å². The van der Waals surface area contributed by atoms with Crippen LogP contribution in [-0.4, -0.2) is 39.9 Å². The molecular formula is C17H27N7O. The second-order valence-electron chi connectivity index (χ2n) is 7.26. The highest BCUT2D eigenvalue weighted by Gasteiger charge is 2.20. The zero-order valence-corrected chi connectivity index (χ0v) is 16.0. The molecule has 0 bridgehead atoms. The van der Waals surface area contributed by atoms with Gasteiger partial charge in [-0.25, -0.2) is 14.8 Å². The maximum absolute atomic E-state index is 12.4. The summed E-state index contributed by atoms with van der Waals surface area (Å²) in [6, 6.07) is -0.489. The van der Waals surface area contributed by atoms with Crippen molar-refractivity contribution in [3.8, 4) is 0 Å². The van der Waals surface area contributed by atoms with Gasteiger partial charge in [-0.2, -0.15) is 5.10 Å². The van der Waals surface area contributed by atoms with Crippen LogP contribution in [0.1, 0.15) is 45.0 Å². The van der Waals surface area contributed by atoms with Crippen molar-refractivity contribution >= 4 is 17.5 Å².